The number of rotatable bonds is 4. The first-order valence-electron chi connectivity index (χ1n) is 9.57. The van der Waals surface area contributed by atoms with Crippen LogP contribution in [-0.4, -0.2) is 47.9 Å². The standard InChI is InChI=1S/C22H20N4O4/c27-22-20(8-4-7-17-5-2-1-3-6-17)21(24-13-15-30-16-14-24)23-25(22)18-9-11-19(12-10-18)26(28)29/h1-12H,13-16H2/b7-4+,20-8-. The number of nitro groups is 1. The molecule has 0 aliphatic carbocycles. The number of amidine groups is 1. The van der Waals surface area contributed by atoms with Crippen LogP contribution in [0.3, 0.4) is 0 Å². The number of allylic oxidation sites excluding steroid dienone is 2. The Bertz CT molecular complexity index is 1020. The largest absolute Gasteiger partial charge is 0.378 e. The summed E-state index contributed by atoms with van der Waals surface area (Å²) in [6, 6.07) is 15.6. The normalized spacial score (nSPS) is 18.3. The Labute approximate surface area is 173 Å². The monoisotopic (exact) mass is 404 g/mol. The Morgan fingerprint density at radius 1 is 1.03 bits per heavy atom. The highest BCUT2D eigenvalue weighted by Crippen LogP contribution is 2.27. The summed E-state index contributed by atoms with van der Waals surface area (Å²) in [6.07, 6.45) is 5.51. The maximum absolute atomic E-state index is 13.1. The Morgan fingerprint density at radius 3 is 2.40 bits per heavy atom. The number of morpholine rings is 1. The number of hydrogen-bond donors (Lipinski definition) is 0. The molecule has 0 saturated carbocycles. The molecule has 2 aliphatic heterocycles. The first-order valence-corrected chi connectivity index (χ1v) is 9.57. The van der Waals surface area contributed by atoms with E-state index >= 15 is 0 Å². The maximum Gasteiger partial charge on any atom is 0.282 e. The number of nitro benzene ring substituents is 1. The SMILES string of the molecule is O=C1/C(=C\C=C\c2ccccc2)C(N2CCOCC2)=NN1c1ccc([N+](=O)[O-])cc1. The summed E-state index contributed by atoms with van der Waals surface area (Å²) in [6.45, 7) is 2.41. The molecule has 1 amide bonds. The minimum atomic E-state index is -0.474. The summed E-state index contributed by atoms with van der Waals surface area (Å²) in [7, 11) is 0. The van der Waals surface area contributed by atoms with Crippen LogP contribution in [0.4, 0.5) is 11.4 Å². The lowest BCUT2D eigenvalue weighted by Gasteiger charge is -2.28. The lowest BCUT2D eigenvalue weighted by Crippen LogP contribution is -2.41. The molecule has 0 radical (unpaired) electrons. The van der Waals surface area contributed by atoms with Crippen molar-refractivity contribution in [1.29, 1.82) is 0 Å². The molecule has 30 heavy (non-hydrogen) atoms. The number of hydrazone groups is 1. The molecular weight excluding hydrogens is 384 g/mol. The first kappa shape index (κ1) is 19.5. The average Bonchev–Trinajstić information content (AvgIpc) is 3.11. The van der Waals surface area contributed by atoms with E-state index in [9.17, 15) is 14.9 Å². The predicted molar refractivity (Wildman–Crippen MR) is 114 cm³/mol. The van der Waals surface area contributed by atoms with Gasteiger partial charge in [-0.25, -0.2) is 0 Å². The zero-order valence-electron chi connectivity index (χ0n) is 16.2. The third-order valence-electron chi connectivity index (χ3n) is 4.83. The second kappa shape index (κ2) is 8.71. The second-order valence-electron chi connectivity index (χ2n) is 6.76. The van der Waals surface area contributed by atoms with Crippen LogP contribution in [0.2, 0.25) is 0 Å². The van der Waals surface area contributed by atoms with Gasteiger partial charge in [-0.05, 0) is 23.8 Å². The van der Waals surface area contributed by atoms with E-state index in [4.69, 9.17) is 4.74 Å². The van der Waals surface area contributed by atoms with Crippen molar-refractivity contribution in [1.82, 2.24) is 4.90 Å². The van der Waals surface area contributed by atoms with Crippen molar-refractivity contribution >= 4 is 29.2 Å². The third kappa shape index (κ3) is 4.13. The van der Waals surface area contributed by atoms with Gasteiger partial charge in [0, 0.05) is 25.2 Å². The van der Waals surface area contributed by atoms with Crippen LogP contribution in [0.1, 0.15) is 5.56 Å². The van der Waals surface area contributed by atoms with Gasteiger partial charge in [0.25, 0.3) is 11.6 Å². The highest BCUT2D eigenvalue weighted by Gasteiger charge is 2.34. The maximum atomic E-state index is 13.1. The number of nitrogens with zero attached hydrogens (tertiary/aromatic N) is 4. The molecule has 152 valence electrons. The number of carbonyl (C=O) groups is 1. The van der Waals surface area contributed by atoms with E-state index in [-0.39, 0.29) is 11.6 Å². The van der Waals surface area contributed by atoms with E-state index in [1.807, 2.05) is 47.4 Å². The van der Waals surface area contributed by atoms with Gasteiger partial charge >= 0.3 is 0 Å². The topological polar surface area (TPSA) is 88.3 Å². The fourth-order valence-electron chi connectivity index (χ4n) is 3.27. The first-order chi connectivity index (χ1) is 14.6. The molecule has 0 spiro atoms. The van der Waals surface area contributed by atoms with Gasteiger partial charge in [0.1, 0.15) is 0 Å². The molecule has 2 aromatic carbocycles. The van der Waals surface area contributed by atoms with Crippen molar-refractivity contribution in [2.24, 2.45) is 5.10 Å². The highest BCUT2D eigenvalue weighted by molar-refractivity contribution is 6.29. The molecule has 1 fully saturated rings. The number of hydrogen-bond acceptors (Lipinski definition) is 6. The molecule has 0 bridgehead atoms. The lowest BCUT2D eigenvalue weighted by atomic mass is 10.1. The van der Waals surface area contributed by atoms with Gasteiger partial charge in [-0.15, -0.1) is 5.10 Å². The van der Waals surface area contributed by atoms with E-state index in [1.54, 1.807) is 6.08 Å². The Hall–Kier alpha value is -3.78. The molecule has 0 aromatic heterocycles. The summed E-state index contributed by atoms with van der Waals surface area (Å²) < 4.78 is 5.41. The van der Waals surface area contributed by atoms with Crippen LogP contribution < -0.4 is 5.01 Å². The Kier molecular flexibility index (Phi) is 5.67. The minimum absolute atomic E-state index is 0.0376. The molecule has 0 unspecified atom stereocenters. The van der Waals surface area contributed by atoms with Crippen LogP contribution in [0.5, 0.6) is 0 Å². The summed E-state index contributed by atoms with van der Waals surface area (Å²) in [5.41, 5.74) is 1.94. The van der Waals surface area contributed by atoms with Crippen molar-refractivity contribution in [3.8, 4) is 0 Å². The van der Waals surface area contributed by atoms with Gasteiger partial charge in [0.15, 0.2) is 5.84 Å². The number of non-ortho nitro benzene ring substituents is 1. The van der Waals surface area contributed by atoms with Gasteiger partial charge in [-0.3, -0.25) is 14.9 Å². The summed E-state index contributed by atoms with van der Waals surface area (Å²) in [4.78, 5) is 25.6. The lowest BCUT2D eigenvalue weighted by molar-refractivity contribution is -0.384. The van der Waals surface area contributed by atoms with E-state index in [0.717, 1.165) is 5.56 Å². The fourth-order valence-corrected chi connectivity index (χ4v) is 3.27. The van der Waals surface area contributed by atoms with Crippen molar-refractivity contribution in [3.63, 3.8) is 0 Å². The van der Waals surface area contributed by atoms with Gasteiger partial charge in [0.2, 0.25) is 0 Å². The molecule has 2 aliphatic rings. The Morgan fingerprint density at radius 2 is 1.73 bits per heavy atom. The van der Waals surface area contributed by atoms with Gasteiger partial charge in [0.05, 0.1) is 29.4 Å². The van der Waals surface area contributed by atoms with Crippen molar-refractivity contribution < 1.29 is 14.5 Å². The van der Waals surface area contributed by atoms with Crippen LogP contribution in [-0.2, 0) is 9.53 Å². The van der Waals surface area contributed by atoms with Crippen molar-refractivity contribution in [2.75, 3.05) is 31.3 Å². The zero-order valence-corrected chi connectivity index (χ0v) is 16.2. The molecule has 8 nitrogen and oxygen atoms in total. The number of ether oxygens (including phenoxy) is 1. The molecule has 8 heteroatoms. The van der Waals surface area contributed by atoms with Gasteiger partial charge in [-0.1, -0.05) is 42.5 Å². The third-order valence-corrected chi connectivity index (χ3v) is 4.83. The molecule has 0 atom stereocenters. The molecule has 4 rings (SSSR count). The van der Waals surface area contributed by atoms with E-state index in [2.05, 4.69) is 5.10 Å². The second-order valence-corrected chi connectivity index (χ2v) is 6.76. The molecule has 0 N–H and O–H groups in total. The highest BCUT2D eigenvalue weighted by atomic mass is 16.6. The van der Waals surface area contributed by atoms with Crippen LogP contribution in [0, 0.1) is 10.1 Å². The summed E-state index contributed by atoms with van der Waals surface area (Å²) in [5, 5.41) is 16.7. The van der Waals surface area contributed by atoms with Crippen molar-refractivity contribution in [3.05, 3.63) is 88.0 Å². The van der Waals surface area contributed by atoms with Crippen LogP contribution >= 0.6 is 0 Å². The average molecular weight is 404 g/mol. The van der Waals surface area contributed by atoms with E-state index < -0.39 is 4.92 Å². The van der Waals surface area contributed by atoms with E-state index in [0.29, 0.717) is 43.4 Å². The van der Waals surface area contributed by atoms with Crippen LogP contribution in [0.15, 0.2) is 77.4 Å². The molecule has 2 heterocycles. The number of anilines is 1. The quantitative estimate of drug-likeness (QED) is 0.444. The zero-order chi connectivity index (χ0) is 20.9. The molecular formula is C22H20N4O4. The number of carbonyl (C=O) groups excluding carboxylic acids is 1. The molecule has 2 aromatic rings. The number of amides is 1. The number of benzene rings is 2. The molecule has 1 saturated heterocycles. The van der Waals surface area contributed by atoms with Crippen molar-refractivity contribution in [2.45, 2.75) is 0 Å². The fraction of sp³-hybridized carbons (Fsp3) is 0.182. The van der Waals surface area contributed by atoms with Gasteiger partial charge < -0.3 is 9.64 Å². The van der Waals surface area contributed by atoms with E-state index in [1.165, 1.54) is 29.3 Å². The Balaban J connectivity index is 1.65. The smallest absolute Gasteiger partial charge is 0.282 e. The summed E-state index contributed by atoms with van der Waals surface area (Å²) in [5.74, 6) is 0.308. The predicted octanol–water partition coefficient (Wildman–Crippen LogP) is 3.23. The summed E-state index contributed by atoms with van der Waals surface area (Å²) >= 11 is 0. The van der Waals surface area contributed by atoms with Crippen LogP contribution in [0.25, 0.3) is 6.08 Å². The minimum Gasteiger partial charge on any atom is -0.378 e. The van der Waals surface area contributed by atoms with Gasteiger partial charge in [-0.2, -0.15) is 5.01 Å².